The number of hydrogen-bond donors (Lipinski definition) is 1. The van der Waals surface area contributed by atoms with Crippen molar-refractivity contribution in [1.29, 1.82) is 0 Å². The van der Waals surface area contributed by atoms with Gasteiger partial charge in [0, 0.05) is 11.6 Å². The summed E-state index contributed by atoms with van der Waals surface area (Å²) in [6, 6.07) is 2.12. The van der Waals surface area contributed by atoms with Crippen molar-refractivity contribution < 1.29 is 13.2 Å². The van der Waals surface area contributed by atoms with Gasteiger partial charge in [-0.3, -0.25) is 0 Å². The molecule has 0 aliphatic rings. The van der Waals surface area contributed by atoms with Crippen LogP contribution in [-0.2, 0) is 0 Å². The molecule has 120 valence electrons. The molecule has 1 aromatic rings. The standard InChI is InChI=1S/C17H26F3N/c1-4-7-8-12(6-3)17(21-11-5-2)13-9-10-14(18)16(20)15(13)19/h9-10,12,17,21H,4-8,11H2,1-3H3. The monoisotopic (exact) mass is 301 g/mol. The van der Waals surface area contributed by atoms with E-state index in [1.807, 2.05) is 6.92 Å². The van der Waals surface area contributed by atoms with Crippen LogP contribution in [0.5, 0.6) is 0 Å². The Bertz CT molecular complexity index is 434. The average Bonchev–Trinajstić information content (AvgIpc) is 2.49. The second-order valence-corrected chi connectivity index (χ2v) is 5.51. The highest BCUT2D eigenvalue weighted by atomic mass is 19.2. The smallest absolute Gasteiger partial charge is 0.194 e. The third kappa shape index (κ3) is 4.73. The normalized spacial score (nSPS) is 14.2. The number of hydrogen-bond acceptors (Lipinski definition) is 1. The second kappa shape index (κ2) is 9.08. The van der Waals surface area contributed by atoms with Crippen LogP contribution >= 0.6 is 0 Å². The van der Waals surface area contributed by atoms with Crippen LogP contribution in [-0.4, -0.2) is 6.54 Å². The molecule has 0 saturated carbocycles. The zero-order valence-electron chi connectivity index (χ0n) is 13.2. The van der Waals surface area contributed by atoms with Crippen LogP contribution < -0.4 is 5.32 Å². The molecule has 0 spiro atoms. The number of halogens is 3. The average molecular weight is 301 g/mol. The van der Waals surface area contributed by atoms with Crippen LogP contribution in [0.4, 0.5) is 13.2 Å². The molecule has 0 aliphatic carbocycles. The zero-order chi connectivity index (χ0) is 15.8. The SMILES string of the molecule is CCCCC(CC)C(NCCC)c1ccc(F)c(F)c1F. The van der Waals surface area contributed by atoms with E-state index in [2.05, 4.69) is 19.2 Å². The first-order valence-electron chi connectivity index (χ1n) is 7.93. The predicted octanol–water partition coefficient (Wildman–Crippen LogP) is 5.36. The molecule has 1 N–H and O–H groups in total. The molecular formula is C17H26F3N. The Morgan fingerprint density at radius 1 is 1.00 bits per heavy atom. The number of nitrogens with one attached hydrogen (secondary N) is 1. The van der Waals surface area contributed by atoms with Gasteiger partial charge in [0.25, 0.3) is 0 Å². The van der Waals surface area contributed by atoms with E-state index in [1.54, 1.807) is 0 Å². The van der Waals surface area contributed by atoms with Gasteiger partial charge in [0.15, 0.2) is 17.5 Å². The molecule has 0 aromatic heterocycles. The summed E-state index contributed by atoms with van der Waals surface area (Å²) in [5.41, 5.74) is 0.241. The Balaban J connectivity index is 3.08. The molecule has 1 aromatic carbocycles. The lowest BCUT2D eigenvalue weighted by Gasteiger charge is -2.28. The molecule has 2 unspecified atom stereocenters. The fourth-order valence-corrected chi connectivity index (χ4v) is 2.68. The topological polar surface area (TPSA) is 12.0 Å². The third-order valence-corrected chi connectivity index (χ3v) is 3.94. The van der Waals surface area contributed by atoms with Gasteiger partial charge in [-0.15, -0.1) is 0 Å². The van der Waals surface area contributed by atoms with Crippen molar-refractivity contribution in [2.24, 2.45) is 5.92 Å². The Labute approximate surface area is 125 Å². The molecule has 21 heavy (non-hydrogen) atoms. The van der Waals surface area contributed by atoms with E-state index in [-0.39, 0.29) is 17.5 Å². The highest BCUT2D eigenvalue weighted by Gasteiger charge is 2.26. The molecule has 0 radical (unpaired) electrons. The molecule has 1 nitrogen and oxygen atoms in total. The molecule has 0 aliphatic heterocycles. The molecule has 0 fully saturated rings. The second-order valence-electron chi connectivity index (χ2n) is 5.51. The van der Waals surface area contributed by atoms with Crippen LogP contribution in [0, 0.1) is 23.4 Å². The summed E-state index contributed by atoms with van der Waals surface area (Å²) in [6.07, 6.45) is 4.85. The van der Waals surface area contributed by atoms with Gasteiger partial charge in [-0.25, -0.2) is 13.2 Å². The highest BCUT2D eigenvalue weighted by molar-refractivity contribution is 5.24. The van der Waals surface area contributed by atoms with Crippen molar-refractivity contribution in [3.05, 3.63) is 35.1 Å². The molecule has 0 heterocycles. The fourth-order valence-electron chi connectivity index (χ4n) is 2.68. The Morgan fingerprint density at radius 3 is 2.29 bits per heavy atom. The maximum absolute atomic E-state index is 14.1. The van der Waals surface area contributed by atoms with Crippen molar-refractivity contribution in [2.75, 3.05) is 6.54 Å². The third-order valence-electron chi connectivity index (χ3n) is 3.94. The van der Waals surface area contributed by atoms with E-state index < -0.39 is 17.5 Å². The summed E-state index contributed by atoms with van der Waals surface area (Å²) in [6.45, 7) is 6.92. The van der Waals surface area contributed by atoms with Crippen molar-refractivity contribution in [1.82, 2.24) is 5.32 Å². The summed E-state index contributed by atoms with van der Waals surface area (Å²) >= 11 is 0. The fraction of sp³-hybridized carbons (Fsp3) is 0.647. The van der Waals surface area contributed by atoms with Gasteiger partial charge in [-0.05, 0) is 31.4 Å². The summed E-state index contributed by atoms with van der Waals surface area (Å²) in [7, 11) is 0. The lowest BCUT2D eigenvalue weighted by atomic mass is 9.86. The maximum Gasteiger partial charge on any atom is 0.194 e. The highest BCUT2D eigenvalue weighted by Crippen LogP contribution is 2.32. The minimum Gasteiger partial charge on any atom is -0.310 e. The molecule has 4 heteroatoms. The number of rotatable bonds is 9. The zero-order valence-corrected chi connectivity index (χ0v) is 13.2. The molecule has 0 saturated heterocycles. The molecule has 0 amide bonds. The van der Waals surface area contributed by atoms with Crippen molar-refractivity contribution in [2.45, 2.75) is 58.9 Å². The van der Waals surface area contributed by atoms with Crippen molar-refractivity contribution >= 4 is 0 Å². The Kier molecular flexibility index (Phi) is 7.79. The largest absolute Gasteiger partial charge is 0.310 e. The van der Waals surface area contributed by atoms with E-state index in [4.69, 9.17) is 0 Å². The van der Waals surface area contributed by atoms with Gasteiger partial charge in [0.1, 0.15) is 0 Å². The van der Waals surface area contributed by atoms with E-state index in [0.717, 1.165) is 44.7 Å². The van der Waals surface area contributed by atoms with Crippen molar-refractivity contribution in [3.63, 3.8) is 0 Å². The molecular weight excluding hydrogens is 275 g/mol. The minimum absolute atomic E-state index is 0.218. The first-order chi connectivity index (χ1) is 10.1. The summed E-state index contributed by atoms with van der Waals surface area (Å²) < 4.78 is 40.7. The first kappa shape index (κ1) is 18.0. The summed E-state index contributed by atoms with van der Waals surface area (Å²) in [4.78, 5) is 0. The van der Waals surface area contributed by atoms with Crippen molar-refractivity contribution in [3.8, 4) is 0 Å². The first-order valence-corrected chi connectivity index (χ1v) is 7.93. The lowest BCUT2D eigenvalue weighted by Crippen LogP contribution is -2.30. The molecule has 1 rings (SSSR count). The van der Waals surface area contributed by atoms with Crippen LogP contribution in [0.1, 0.15) is 64.5 Å². The van der Waals surface area contributed by atoms with E-state index >= 15 is 0 Å². The van der Waals surface area contributed by atoms with Gasteiger partial charge < -0.3 is 5.32 Å². The maximum atomic E-state index is 14.1. The van der Waals surface area contributed by atoms with Crippen LogP contribution in [0.3, 0.4) is 0 Å². The van der Waals surface area contributed by atoms with Crippen LogP contribution in [0.2, 0.25) is 0 Å². The number of benzene rings is 1. The van der Waals surface area contributed by atoms with Gasteiger partial charge in [-0.1, -0.05) is 46.1 Å². The van der Waals surface area contributed by atoms with Gasteiger partial charge in [0.2, 0.25) is 0 Å². The van der Waals surface area contributed by atoms with Gasteiger partial charge in [0.05, 0.1) is 0 Å². The van der Waals surface area contributed by atoms with E-state index in [9.17, 15) is 13.2 Å². The van der Waals surface area contributed by atoms with Gasteiger partial charge >= 0.3 is 0 Å². The predicted molar refractivity (Wildman–Crippen MR) is 80.7 cm³/mol. The van der Waals surface area contributed by atoms with Crippen LogP contribution in [0.15, 0.2) is 12.1 Å². The summed E-state index contributed by atoms with van der Waals surface area (Å²) in [5, 5.41) is 3.30. The minimum atomic E-state index is -1.37. The van der Waals surface area contributed by atoms with E-state index in [1.165, 1.54) is 6.07 Å². The lowest BCUT2D eigenvalue weighted by molar-refractivity contribution is 0.310. The molecule has 0 bridgehead atoms. The van der Waals surface area contributed by atoms with Gasteiger partial charge in [-0.2, -0.15) is 0 Å². The quantitative estimate of drug-likeness (QED) is 0.605. The Morgan fingerprint density at radius 2 is 1.71 bits per heavy atom. The number of unbranched alkanes of at least 4 members (excludes halogenated alkanes) is 1. The van der Waals surface area contributed by atoms with E-state index in [0.29, 0.717) is 0 Å². The van der Waals surface area contributed by atoms with Crippen LogP contribution in [0.25, 0.3) is 0 Å². The Hall–Kier alpha value is -1.03. The summed E-state index contributed by atoms with van der Waals surface area (Å²) in [5.74, 6) is -3.34. The molecule has 2 atom stereocenters.